The topological polar surface area (TPSA) is 46.5 Å². The molecule has 0 aliphatic rings. The number of hydrogen-bond acceptors (Lipinski definition) is 2. The molecule has 1 rings (SSSR count). The highest BCUT2D eigenvalue weighted by Gasteiger charge is 1.98. The van der Waals surface area contributed by atoms with Gasteiger partial charge in [0.2, 0.25) is 0 Å². The van der Waals surface area contributed by atoms with Gasteiger partial charge in [0.1, 0.15) is 5.75 Å². The van der Waals surface area contributed by atoms with Crippen molar-refractivity contribution in [2.24, 2.45) is 0 Å². The number of carbonyl (C=O) groups is 1. The lowest BCUT2D eigenvalue weighted by Crippen LogP contribution is -2.02. The third-order valence-corrected chi connectivity index (χ3v) is 1.54. The summed E-state index contributed by atoms with van der Waals surface area (Å²) in [7, 11) is 0. The number of carboxylic acid groups (broad SMARTS) is 1. The Morgan fingerprint density at radius 1 is 1.42 bits per heavy atom. The predicted molar refractivity (Wildman–Crippen MR) is 44.5 cm³/mol. The van der Waals surface area contributed by atoms with Crippen LogP contribution in [0.2, 0.25) is 0 Å². The minimum absolute atomic E-state index is 0.361. The number of hydrogen-bond donors (Lipinski definition) is 1. The first-order valence-corrected chi connectivity index (χ1v) is 3.72. The lowest BCUT2D eigenvalue weighted by Gasteiger charge is -1.99. The summed E-state index contributed by atoms with van der Waals surface area (Å²) in [5.74, 6) is 0.361. The molecule has 64 valence electrons. The second-order valence-electron chi connectivity index (χ2n) is 2.37. The van der Waals surface area contributed by atoms with Crippen LogP contribution in [0.1, 0.15) is 12.5 Å². The average molecular weight is 166 g/mol. The van der Waals surface area contributed by atoms with Crippen LogP contribution in [0.15, 0.2) is 24.3 Å². The van der Waals surface area contributed by atoms with Gasteiger partial charge in [0.15, 0.2) is 0 Å². The third-order valence-electron chi connectivity index (χ3n) is 1.54. The maximum Gasteiger partial charge on any atom is 0.511 e. The zero-order valence-electron chi connectivity index (χ0n) is 6.78. The first-order valence-electron chi connectivity index (χ1n) is 3.72. The summed E-state index contributed by atoms with van der Waals surface area (Å²) >= 11 is 0. The molecule has 0 unspecified atom stereocenters. The summed E-state index contributed by atoms with van der Waals surface area (Å²) in [5, 5.41) is 8.27. The lowest BCUT2D eigenvalue weighted by atomic mass is 10.2. The van der Waals surface area contributed by atoms with Gasteiger partial charge < -0.3 is 9.84 Å². The molecule has 0 saturated carbocycles. The van der Waals surface area contributed by atoms with Crippen LogP contribution < -0.4 is 4.74 Å². The van der Waals surface area contributed by atoms with Crippen molar-refractivity contribution in [3.8, 4) is 5.75 Å². The summed E-state index contributed by atoms with van der Waals surface area (Å²) in [6, 6.07) is 6.98. The van der Waals surface area contributed by atoms with Gasteiger partial charge in [0.05, 0.1) is 0 Å². The predicted octanol–water partition coefficient (Wildman–Crippen LogP) is 2.31. The number of benzene rings is 1. The van der Waals surface area contributed by atoms with Crippen molar-refractivity contribution in [1.29, 1.82) is 0 Å². The quantitative estimate of drug-likeness (QED) is 0.541. The first-order chi connectivity index (χ1) is 5.72. The summed E-state index contributed by atoms with van der Waals surface area (Å²) in [5.41, 5.74) is 1.16. The Morgan fingerprint density at radius 2 is 2.00 bits per heavy atom. The van der Waals surface area contributed by atoms with Crippen molar-refractivity contribution in [2.75, 3.05) is 0 Å². The van der Waals surface area contributed by atoms with Gasteiger partial charge in [-0.1, -0.05) is 19.1 Å². The maximum atomic E-state index is 10.1. The second kappa shape index (κ2) is 3.76. The van der Waals surface area contributed by atoms with Crippen LogP contribution in [0.25, 0.3) is 0 Å². The van der Waals surface area contributed by atoms with Crippen LogP contribution in [-0.4, -0.2) is 11.3 Å². The van der Waals surface area contributed by atoms with Crippen LogP contribution in [0.3, 0.4) is 0 Å². The first kappa shape index (κ1) is 8.59. The molecule has 3 nitrogen and oxygen atoms in total. The van der Waals surface area contributed by atoms with E-state index in [0.29, 0.717) is 5.75 Å². The standard InChI is InChI=1S/C9H10O3/c1-2-7-3-5-8(6-4-7)12-9(10)11/h3-6H,2H2,1H3,(H,10,11). The van der Waals surface area contributed by atoms with Gasteiger partial charge >= 0.3 is 6.16 Å². The molecular formula is C9H10O3. The van der Waals surface area contributed by atoms with Gasteiger partial charge in [-0.3, -0.25) is 0 Å². The summed E-state index contributed by atoms with van der Waals surface area (Å²) in [6.07, 6.45) is -0.341. The molecule has 1 aromatic carbocycles. The summed E-state index contributed by atoms with van der Waals surface area (Å²) in [6.45, 7) is 2.03. The molecule has 3 heteroatoms. The summed E-state index contributed by atoms with van der Waals surface area (Å²) in [4.78, 5) is 10.1. The molecule has 0 radical (unpaired) electrons. The van der Waals surface area contributed by atoms with Crippen molar-refractivity contribution in [3.63, 3.8) is 0 Å². The smallest absolute Gasteiger partial charge is 0.449 e. The molecule has 0 fully saturated rings. The zero-order valence-corrected chi connectivity index (χ0v) is 6.78. The molecule has 0 aliphatic carbocycles. The Hall–Kier alpha value is -1.51. The minimum Gasteiger partial charge on any atom is -0.449 e. The minimum atomic E-state index is -1.28. The van der Waals surface area contributed by atoms with Crippen LogP contribution >= 0.6 is 0 Å². The Balaban J connectivity index is 2.71. The maximum absolute atomic E-state index is 10.1. The number of aryl methyl sites for hydroxylation is 1. The average Bonchev–Trinajstić information content (AvgIpc) is 2.05. The molecular weight excluding hydrogens is 156 g/mol. The molecule has 0 saturated heterocycles. The fraction of sp³-hybridized carbons (Fsp3) is 0.222. The Kier molecular flexibility index (Phi) is 2.69. The Labute approximate surface area is 70.6 Å². The largest absolute Gasteiger partial charge is 0.511 e. The van der Waals surface area contributed by atoms with Gasteiger partial charge in [0, 0.05) is 0 Å². The van der Waals surface area contributed by atoms with Crippen molar-refractivity contribution < 1.29 is 14.6 Å². The van der Waals surface area contributed by atoms with Gasteiger partial charge in [-0.2, -0.15) is 0 Å². The van der Waals surface area contributed by atoms with E-state index in [2.05, 4.69) is 4.74 Å². The van der Waals surface area contributed by atoms with Gasteiger partial charge in [-0.15, -0.1) is 0 Å². The zero-order chi connectivity index (χ0) is 8.97. The van der Waals surface area contributed by atoms with Crippen molar-refractivity contribution in [3.05, 3.63) is 29.8 Å². The van der Waals surface area contributed by atoms with Crippen LogP contribution in [0, 0.1) is 0 Å². The van der Waals surface area contributed by atoms with Crippen molar-refractivity contribution in [1.82, 2.24) is 0 Å². The fourth-order valence-electron chi connectivity index (χ4n) is 0.894. The second-order valence-corrected chi connectivity index (χ2v) is 2.37. The van der Waals surface area contributed by atoms with Crippen LogP contribution in [-0.2, 0) is 6.42 Å². The van der Waals surface area contributed by atoms with E-state index in [1.807, 2.05) is 19.1 Å². The molecule has 0 atom stereocenters. The normalized spacial score (nSPS) is 9.42. The highest BCUT2D eigenvalue weighted by molar-refractivity contribution is 5.61. The third kappa shape index (κ3) is 2.27. The Morgan fingerprint density at radius 3 is 2.42 bits per heavy atom. The highest BCUT2D eigenvalue weighted by atomic mass is 16.7. The fourth-order valence-corrected chi connectivity index (χ4v) is 0.894. The van der Waals surface area contributed by atoms with Gasteiger partial charge in [0.25, 0.3) is 0 Å². The molecule has 0 amide bonds. The van der Waals surface area contributed by atoms with E-state index in [1.165, 1.54) is 0 Å². The number of rotatable bonds is 2. The van der Waals surface area contributed by atoms with E-state index < -0.39 is 6.16 Å². The molecule has 0 spiro atoms. The molecule has 0 aliphatic heterocycles. The van der Waals surface area contributed by atoms with E-state index in [9.17, 15) is 4.79 Å². The molecule has 1 aromatic rings. The van der Waals surface area contributed by atoms with Gasteiger partial charge in [-0.05, 0) is 24.1 Å². The molecule has 1 N–H and O–H groups in total. The molecule has 0 heterocycles. The van der Waals surface area contributed by atoms with E-state index in [1.54, 1.807) is 12.1 Å². The van der Waals surface area contributed by atoms with Crippen LogP contribution in [0.5, 0.6) is 5.75 Å². The van der Waals surface area contributed by atoms with E-state index in [-0.39, 0.29) is 0 Å². The lowest BCUT2D eigenvalue weighted by molar-refractivity contribution is 0.144. The van der Waals surface area contributed by atoms with Crippen molar-refractivity contribution in [2.45, 2.75) is 13.3 Å². The molecule has 0 bridgehead atoms. The van der Waals surface area contributed by atoms with E-state index in [0.717, 1.165) is 12.0 Å². The highest BCUT2D eigenvalue weighted by Crippen LogP contribution is 2.12. The van der Waals surface area contributed by atoms with Crippen LogP contribution in [0.4, 0.5) is 4.79 Å². The molecule has 12 heavy (non-hydrogen) atoms. The monoisotopic (exact) mass is 166 g/mol. The Bertz CT molecular complexity index is 264. The summed E-state index contributed by atoms with van der Waals surface area (Å²) < 4.78 is 4.43. The van der Waals surface area contributed by atoms with E-state index in [4.69, 9.17) is 5.11 Å². The number of ether oxygens (including phenoxy) is 1. The SMILES string of the molecule is CCc1ccc(OC(=O)O)cc1. The van der Waals surface area contributed by atoms with Crippen molar-refractivity contribution >= 4 is 6.16 Å². The molecule has 0 aromatic heterocycles. The van der Waals surface area contributed by atoms with E-state index >= 15 is 0 Å². The van der Waals surface area contributed by atoms with Gasteiger partial charge in [-0.25, -0.2) is 4.79 Å².